The van der Waals surface area contributed by atoms with E-state index in [4.69, 9.17) is 11.8 Å². The van der Waals surface area contributed by atoms with Crippen molar-refractivity contribution in [2.45, 2.75) is 40.0 Å². The first kappa shape index (κ1) is 10.3. The first-order valence-electron chi connectivity index (χ1n) is 4.88. The van der Waals surface area contributed by atoms with E-state index >= 15 is 0 Å². The largest absolute Gasteiger partial charge is 0.220 e. The monoisotopic (exact) mass is 189 g/mol. The van der Waals surface area contributed by atoms with E-state index in [-0.39, 0.29) is 0 Å². The van der Waals surface area contributed by atoms with Gasteiger partial charge in [0.25, 0.3) is 0 Å². The highest BCUT2D eigenvalue weighted by Crippen LogP contribution is 2.31. The molecule has 12 heavy (non-hydrogen) atoms. The second-order valence-corrected chi connectivity index (χ2v) is 5.60. The third-order valence-corrected chi connectivity index (χ3v) is 2.80. The lowest BCUT2D eigenvalue weighted by Crippen LogP contribution is -2.28. The molecule has 0 aromatic carbocycles. The van der Waals surface area contributed by atoms with Gasteiger partial charge in [-0.1, -0.05) is 20.8 Å². The Labute approximate surface area is 81.2 Å². The maximum Gasteiger partial charge on any atom is 0.0141 e. The highest BCUT2D eigenvalue weighted by Gasteiger charge is 2.22. The molecule has 1 aliphatic rings. The molecule has 1 heterocycles. The minimum atomic E-state index is 0.485. The molecule has 0 aromatic heterocycles. The molecule has 0 radical (unpaired) electrons. The Morgan fingerprint density at radius 3 is 2.17 bits per heavy atom. The fraction of sp³-hybridized carbons (Fsp3) is 1.00. The van der Waals surface area contributed by atoms with Gasteiger partial charge in [-0.05, 0) is 42.4 Å². The van der Waals surface area contributed by atoms with Crippen LogP contribution in [0.2, 0.25) is 0 Å². The van der Waals surface area contributed by atoms with Crippen LogP contribution in [0.5, 0.6) is 0 Å². The van der Waals surface area contributed by atoms with Gasteiger partial charge in [-0.3, -0.25) is 0 Å². The van der Waals surface area contributed by atoms with Crippen LogP contribution in [-0.2, 0) is 0 Å². The quantitative estimate of drug-likeness (QED) is 0.573. The van der Waals surface area contributed by atoms with E-state index < -0.39 is 0 Å². The molecule has 0 aliphatic carbocycles. The molecule has 2 heteroatoms. The average Bonchev–Trinajstić information content (AvgIpc) is 1.91. The van der Waals surface area contributed by atoms with Crippen LogP contribution < -0.4 is 0 Å². The van der Waals surface area contributed by atoms with Crippen molar-refractivity contribution < 1.29 is 0 Å². The van der Waals surface area contributed by atoms with Crippen molar-refractivity contribution in [3.05, 3.63) is 0 Å². The fourth-order valence-electron chi connectivity index (χ4n) is 1.97. The average molecular weight is 190 g/mol. The molecule has 0 atom stereocenters. The van der Waals surface area contributed by atoms with Gasteiger partial charge >= 0.3 is 0 Å². The Morgan fingerprint density at radius 1 is 1.25 bits per heavy atom. The van der Waals surface area contributed by atoms with Crippen molar-refractivity contribution in [1.29, 1.82) is 0 Å². The van der Waals surface area contributed by atoms with E-state index in [1.54, 1.807) is 0 Å². The summed E-state index contributed by atoms with van der Waals surface area (Å²) in [6, 6.07) is 0. The van der Waals surface area contributed by atoms with Gasteiger partial charge in [-0.2, -0.15) is 0 Å². The highest BCUT2D eigenvalue weighted by molar-refractivity contribution is 6.13. The van der Waals surface area contributed by atoms with Gasteiger partial charge in [0.2, 0.25) is 0 Å². The summed E-state index contributed by atoms with van der Waals surface area (Å²) < 4.78 is 1.92. The van der Waals surface area contributed by atoms with E-state index in [0.717, 1.165) is 19.0 Å². The van der Waals surface area contributed by atoms with Crippen molar-refractivity contribution >= 4 is 11.8 Å². The van der Waals surface area contributed by atoms with Crippen molar-refractivity contribution in [3.8, 4) is 0 Å². The molecule has 1 aliphatic heterocycles. The molecule has 0 unspecified atom stereocenters. The lowest BCUT2D eigenvalue weighted by atomic mass is 9.81. The first-order chi connectivity index (χ1) is 5.47. The predicted octanol–water partition coefficient (Wildman–Crippen LogP) is 3.29. The second kappa shape index (κ2) is 3.97. The normalized spacial score (nSPS) is 23.0. The molecular weight excluding hydrogens is 170 g/mol. The summed E-state index contributed by atoms with van der Waals surface area (Å²) in [5.74, 6) is 0.903. The van der Waals surface area contributed by atoms with E-state index in [2.05, 4.69) is 20.8 Å². The number of hydrogen-bond donors (Lipinski definition) is 0. The van der Waals surface area contributed by atoms with Gasteiger partial charge < -0.3 is 0 Å². The Morgan fingerprint density at radius 2 is 1.75 bits per heavy atom. The standard InChI is InChI=1S/C10H20ClN/c1-10(2,3)8-9-4-6-12(11)7-5-9/h9H,4-8H2,1-3H3. The Balaban J connectivity index is 2.26. The van der Waals surface area contributed by atoms with E-state index in [1.807, 2.05) is 4.42 Å². The molecule has 1 nitrogen and oxygen atoms in total. The van der Waals surface area contributed by atoms with Crippen LogP contribution in [0.4, 0.5) is 0 Å². The maximum absolute atomic E-state index is 5.89. The van der Waals surface area contributed by atoms with Gasteiger partial charge in [0, 0.05) is 13.1 Å². The Hall–Kier alpha value is 0.250. The minimum absolute atomic E-state index is 0.485. The van der Waals surface area contributed by atoms with Crippen LogP contribution in [0.15, 0.2) is 0 Å². The van der Waals surface area contributed by atoms with Crippen molar-refractivity contribution in [2.75, 3.05) is 13.1 Å². The van der Waals surface area contributed by atoms with Gasteiger partial charge in [0.1, 0.15) is 0 Å². The Kier molecular flexibility index (Phi) is 3.42. The number of halogens is 1. The smallest absolute Gasteiger partial charge is 0.0141 e. The summed E-state index contributed by atoms with van der Waals surface area (Å²) in [6.45, 7) is 9.10. The maximum atomic E-state index is 5.89. The van der Waals surface area contributed by atoms with E-state index in [0.29, 0.717) is 5.41 Å². The fourth-order valence-corrected chi connectivity index (χ4v) is 2.17. The summed E-state index contributed by atoms with van der Waals surface area (Å²) in [4.78, 5) is 0. The summed E-state index contributed by atoms with van der Waals surface area (Å²) in [6.07, 6.45) is 3.90. The summed E-state index contributed by atoms with van der Waals surface area (Å²) in [5, 5.41) is 0. The van der Waals surface area contributed by atoms with Gasteiger partial charge in [-0.15, -0.1) is 0 Å². The van der Waals surface area contributed by atoms with Crippen LogP contribution >= 0.6 is 11.8 Å². The summed E-state index contributed by atoms with van der Waals surface area (Å²) in [7, 11) is 0. The van der Waals surface area contributed by atoms with E-state index in [1.165, 1.54) is 19.3 Å². The molecule has 0 N–H and O–H groups in total. The molecule has 0 aromatic rings. The first-order valence-corrected chi connectivity index (χ1v) is 5.22. The van der Waals surface area contributed by atoms with Crippen LogP contribution in [0.3, 0.4) is 0 Å². The molecular formula is C10H20ClN. The predicted molar refractivity (Wildman–Crippen MR) is 54.2 cm³/mol. The van der Waals surface area contributed by atoms with Crippen molar-refractivity contribution in [3.63, 3.8) is 0 Å². The van der Waals surface area contributed by atoms with Crippen molar-refractivity contribution in [1.82, 2.24) is 4.42 Å². The second-order valence-electron chi connectivity index (χ2n) is 5.12. The molecule has 1 saturated heterocycles. The van der Waals surface area contributed by atoms with Crippen LogP contribution in [0, 0.1) is 11.3 Å². The number of hydrogen-bond acceptors (Lipinski definition) is 1. The van der Waals surface area contributed by atoms with Crippen molar-refractivity contribution in [2.24, 2.45) is 11.3 Å². The van der Waals surface area contributed by atoms with Gasteiger partial charge in [-0.25, -0.2) is 4.42 Å². The van der Waals surface area contributed by atoms with Gasteiger partial charge in [0.15, 0.2) is 0 Å². The molecule has 72 valence electrons. The molecule has 0 spiro atoms. The molecule has 1 fully saturated rings. The number of piperidine rings is 1. The third-order valence-electron chi connectivity index (χ3n) is 2.46. The molecule has 0 amide bonds. The topological polar surface area (TPSA) is 3.24 Å². The zero-order valence-corrected chi connectivity index (χ0v) is 9.19. The molecule has 1 rings (SSSR count). The lowest BCUT2D eigenvalue weighted by molar-refractivity contribution is 0.211. The zero-order chi connectivity index (χ0) is 9.19. The Bertz CT molecular complexity index is 131. The lowest BCUT2D eigenvalue weighted by Gasteiger charge is -2.31. The van der Waals surface area contributed by atoms with Crippen LogP contribution in [0.25, 0.3) is 0 Å². The summed E-state index contributed by atoms with van der Waals surface area (Å²) >= 11 is 5.89. The number of rotatable bonds is 1. The van der Waals surface area contributed by atoms with E-state index in [9.17, 15) is 0 Å². The minimum Gasteiger partial charge on any atom is -0.220 e. The molecule has 0 saturated carbocycles. The highest BCUT2D eigenvalue weighted by atomic mass is 35.5. The SMILES string of the molecule is CC(C)(C)CC1CCN(Cl)CC1. The van der Waals surface area contributed by atoms with Crippen LogP contribution in [-0.4, -0.2) is 17.5 Å². The number of nitrogens with zero attached hydrogens (tertiary/aromatic N) is 1. The van der Waals surface area contributed by atoms with Gasteiger partial charge in [0.05, 0.1) is 0 Å². The summed E-state index contributed by atoms with van der Waals surface area (Å²) in [5.41, 5.74) is 0.485. The van der Waals surface area contributed by atoms with Crippen LogP contribution in [0.1, 0.15) is 40.0 Å². The zero-order valence-electron chi connectivity index (χ0n) is 8.44. The third kappa shape index (κ3) is 3.77. The molecule has 0 bridgehead atoms.